The first-order valence-electron chi connectivity index (χ1n) is 34.8. The zero-order valence-electron chi connectivity index (χ0n) is 57.5. The maximum absolute atomic E-state index is 18.0. The maximum atomic E-state index is 18.0. The van der Waals surface area contributed by atoms with Gasteiger partial charge in [0.05, 0.1) is 73.7 Å². The number of pyridine rings is 4. The first-order valence-corrected chi connectivity index (χ1v) is 37.3. The van der Waals surface area contributed by atoms with Gasteiger partial charge in [-0.2, -0.15) is 0 Å². The Labute approximate surface area is 638 Å². The topological polar surface area (TPSA) is 362 Å². The van der Waals surface area contributed by atoms with Gasteiger partial charge in [0.15, 0.2) is 44.9 Å². The minimum Gasteiger partial charge on any atom is -0.486 e. The Hall–Kier alpha value is -14.3. The highest BCUT2D eigenvalue weighted by Gasteiger charge is 2.43. The van der Waals surface area contributed by atoms with Gasteiger partial charge < -0.3 is 57.6 Å². The minimum atomic E-state index is -1.40. The van der Waals surface area contributed by atoms with Gasteiger partial charge in [-0.3, -0.25) is 33.1 Å². The molecular formula is C78H46FN17O13S3. The van der Waals surface area contributed by atoms with E-state index in [0.29, 0.717) is 111 Å². The molecule has 6 aromatic carbocycles. The lowest BCUT2D eigenvalue weighted by molar-refractivity contribution is -0.126. The molecule has 9 aromatic heterocycles. The van der Waals surface area contributed by atoms with Crippen molar-refractivity contribution < 1.29 is 56.0 Å². The van der Waals surface area contributed by atoms with Crippen LogP contribution in [0.15, 0.2) is 193 Å². The summed E-state index contributed by atoms with van der Waals surface area (Å²) in [5, 5.41) is 11.2. The van der Waals surface area contributed by atoms with Crippen LogP contribution in [0.1, 0.15) is 34.7 Å². The molecule has 546 valence electrons. The highest BCUT2D eigenvalue weighted by molar-refractivity contribution is 8.00. The highest BCUT2D eigenvalue weighted by atomic mass is 32.2. The first-order chi connectivity index (χ1) is 54.8. The number of ether oxygens (including phenoxy) is 6. The smallest absolute Gasteiger partial charge is 0.419 e. The third-order valence-corrected chi connectivity index (χ3v) is 22.5. The average Bonchev–Trinajstić information content (AvgIpc) is 0.975. The van der Waals surface area contributed by atoms with E-state index in [-0.39, 0.29) is 135 Å². The number of rotatable bonds is 10. The number of benzene rings is 6. The number of para-hydroxylation sites is 5. The van der Waals surface area contributed by atoms with Gasteiger partial charge >= 0.3 is 11.5 Å². The third kappa shape index (κ3) is 10.2. The molecule has 7 aliphatic rings. The lowest BCUT2D eigenvalue weighted by atomic mass is 9.91. The monoisotopic (exact) mass is 1540 g/mol. The van der Waals surface area contributed by atoms with Crippen molar-refractivity contribution in [3.8, 4) is 90.7 Å². The van der Waals surface area contributed by atoms with E-state index in [4.69, 9.17) is 72.3 Å². The molecule has 34 heteroatoms. The molecule has 22 rings (SSSR count). The number of halogens is 1. The van der Waals surface area contributed by atoms with Gasteiger partial charge in [0.2, 0.25) is 18.1 Å². The summed E-state index contributed by atoms with van der Waals surface area (Å²) in [7, 11) is 1.56. The van der Waals surface area contributed by atoms with E-state index in [2.05, 4.69) is 34.8 Å². The number of nitrogens with one attached hydrogen (secondary N) is 5. The van der Waals surface area contributed by atoms with Crippen molar-refractivity contribution in [2.75, 3.05) is 47.7 Å². The van der Waals surface area contributed by atoms with Crippen LogP contribution in [0.3, 0.4) is 0 Å². The zero-order chi connectivity index (χ0) is 74.9. The van der Waals surface area contributed by atoms with Gasteiger partial charge in [0.1, 0.15) is 77.1 Å². The molecule has 16 heterocycles. The number of thioether (sulfide) groups is 1. The standard InChI is InChI=1S/C78H46FN17O13S3/c1-94-65-39(38-17-18-95-66(58(38)79)64(92-112-95)71-85-42-8-2-3-9-43(42)86-71)23-35(27-52(65)109-78(94)101)37-7-6-11-45-60(37)90-59(33-13-15-50-46(24-33)88-77(100)108-50)62(84-45)57-40(30-82-75-63(57)91-93-111-75)56-41(31-80-73-70(56)104-21-22-105-73)61-69-53(102-19-20-103-69)28-54(89-61)96-48-26-34(67-72(98)87-44-10-4-5-12-49(44)106-67)14-16-51(48)107-68(76(96)99)36-25-47-74(81-29-36)110-32-55(97)83-47/h2-18,23-31,67-68,92H,19-22,32H2,1H3,(H,83,97)(H,85,86)(H,87,98)(H,88,100). The summed E-state index contributed by atoms with van der Waals surface area (Å²) in [6.07, 6.45) is 5.49. The van der Waals surface area contributed by atoms with Gasteiger partial charge in [0.25, 0.3) is 17.7 Å². The Morgan fingerprint density at radius 3 is 2.38 bits per heavy atom. The number of nitrogens with zero attached hydrogens (tertiary/aromatic N) is 12. The van der Waals surface area contributed by atoms with E-state index in [1.54, 1.807) is 133 Å². The van der Waals surface area contributed by atoms with Crippen molar-refractivity contribution in [2.24, 2.45) is 7.05 Å². The Morgan fingerprint density at radius 2 is 1.46 bits per heavy atom. The lowest BCUT2D eigenvalue weighted by Crippen LogP contribution is -2.39. The number of imidazole rings is 1. The summed E-state index contributed by atoms with van der Waals surface area (Å²) < 4.78 is 79.5. The second-order valence-corrected chi connectivity index (χ2v) is 29.0. The van der Waals surface area contributed by atoms with Crippen LogP contribution >= 0.6 is 35.4 Å². The van der Waals surface area contributed by atoms with E-state index in [0.717, 1.165) is 17.0 Å². The average molecular weight is 1540 g/mol. The van der Waals surface area contributed by atoms with E-state index in [1.807, 2.05) is 30.3 Å². The Bertz CT molecular complexity index is 6960. The zero-order valence-corrected chi connectivity index (χ0v) is 59.9. The fraction of sp³-hybridized carbons (Fsp3) is 0.103. The second kappa shape index (κ2) is 24.9. The van der Waals surface area contributed by atoms with Crippen LogP contribution in [0.4, 0.5) is 27.3 Å². The molecule has 2 atom stereocenters. The number of aryl methyl sites for hydroxylation is 1. The Morgan fingerprint density at radius 1 is 0.607 bits per heavy atom. The second-order valence-electron chi connectivity index (χ2n) is 26.6. The van der Waals surface area contributed by atoms with Crippen LogP contribution in [0.5, 0.6) is 34.6 Å². The number of amides is 3. The molecule has 112 heavy (non-hydrogen) atoms. The molecule has 2 unspecified atom stereocenters. The number of hydrogen-bond acceptors (Lipinski definition) is 27. The molecule has 0 aliphatic carbocycles. The Kier molecular flexibility index (Phi) is 14.4. The van der Waals surface area contributed by atoms with Crippen LogP contribution in [0.2, 0.25) is 0 Å². The van der Waals surface area contributed by atoms with Gasteiger partial charge in [-0.05, 0) is 90.5 Å². The van der Waals surface area contributed by atoms with Crippen LogP contribution in [-0.4, -0.2) is 113 Å². The largest absolute Gasteiger partial charge is 0.486 e. The van der Waals surface area contributed by atoms with Gasteiger partial charge in [-0.1, -0.05) is 58.7 Å². The summed E-state index contributed by atoms with van der Waals surface area (Å²) in [6, 6.07) is 36.7. The predicted molar refractivity (Wildman–Crippen MR) is 410 cm³/mol. The summed E-state index contributed by atoms with van der Waals surface area (Å²) in [5.74, 6) is -1.58. The minimum absolute atomic E-state index is 0.00494. The molecular weight excluding hydrogens is 1500 g/mol. The summed E-state index contributed by atoms with van der Waals surface area (Å²) in [4.78, 5) is 113. The predicted octanol–water partition coefficient (Wildman–Crippen LogP) is 12.8. The molecule has 30 nitrogen and oxygen atoms in total. The number of carbonyl (C=O) groups excluding carboxylic acids is 3. The highest BCUT2D eigenvalue weighted by Crippen LogP contribution is 2.56. The van der Waals surface area contributed by atoms with Gasteiger partial charge in [-0.15, -0.1) is 5.10 Å². The van der Waals surface area contributed by atoms with Crippen molar-refractivity contribution >= 4 is 142 Å². The number of carbonyl (C=O) groups is 3. The number of aromatic nitrogens is 12. The van der Waals surface area contributed by atoms with E-state index >= 15 is 9.18 Å². The Balaban J connectivity index is 0.743. The van der Waals surface area contributed by atoms with Crippen molar-refractivity contribution in [1.29, 1.82) is 0 Å². The van der Waals surface area contributed by atoms with Crippen molar-refractivity contribution in [1.82, 2.24) is 68.0 Å². The van der Waals surface area contributed by atoms with Crippen molar-refractivity contribution in [2.45, 2.75) is 17.2 Å². The molecule has 0 spiro atoms. The maximum Gasteiger partial charge on any atom is 0.419 e. The van der Waals surface area contributed by atoms with Crippen LogP contribution in [-0.2, 0) is 21.4 Å². The number of anilines is 4. The normalized spacial score (nSPS) is 16.9. The molecule has 0 saturated carbocycles. The van der Waals surface area contributed by atoms with Crippen LogP contribution < -0.4 is 60.2 Å². The van der Waals surface area contributed by atoms with Crippen LogP contribution in [0, 0.1) is 0 Å². The summed E-state index contributed by atoms with van der Waals surface area (Å²) in [6.45, 7) is 0.332. The van der Waals surface area contributed by atoms with Crippen molar-refractivity contribution in [3.63, 3.8) is 0 Å². The van der Waals surface area contributed by atoms with Gasteiger partial charge in [0, 0.05) is 105 Å². The number of aromatic amines is 2. The van der Waals surface area contributed by atoms with Gasteiger partial charge in [-0.25, -0.2) is 48.9 Å². The number of hydrogen-bond donors (Lipinski definition) is 5. The van der Waals surface area contributed by atoms with Crippen LogP contribution in [0.25, 0.3) is 122 Å². The fourth-order valence-corrected chi connectivity index (χ4v) is 17.0. The quantitative estimate of drug-likeness (QED) is 0.0794. The third-order valence-electron chi connectivity index (χ3n) is 20.0. The molecule has 0 fully saturated rings. The van der Waals surface area contributed by atoms with E-state index in [9.17, 15) is 19.2 Å². The van der Waals surface area contributed by atoms with E-state index < -0.39 is 41.4 Å². The molecule has 0 radical (unpaired) electrons. The molecule has 3 amide bonds. The molecule has 7 aliphatic heterocycles. The lowest BCUT2D eigenvalue weighted by Gasteiger charge is -2.35. The molecule has 0 bridgehead atoms. The number of fused-ring (bicyclic) bond motifs is 11. The number of oxazole rings is 2. The summed E-state index contributed by atoms with van der Waals surface area (Å²) >= 11 is 3.46. The fourth-order valence-electron chi connectivity index (χ4n) is 15.0. The molecule has 5 N–H and O–H groups in total. The first kappa shape index (κ1) is 64.9. The summed E-state index contributed by atoms with van der Waals surface area (Å²) in [5.41, 5.74) is 9.41. The molecule has 0 saturated heterocycles. The van der Waals surface area contributed by atoms with E-state index in [1.165, 1.54) is 39.6 Å². The number of allylic oxidation sites excluding steroid dienone is 3. The SMILES string of the molecule is Cn1c(=O)oc2cc(-c3cccc4nc(-c5c(-c6c(-c7nc(N8C(=O)C(c9cnc%10c(c9)NC(=O)CS%10)Oc9ccc(C%10Oc%11ccccc%11NC%10=O)cc98)cc8c7OCCO8)cnc7c6OCCO7)cnc6snnc56)c(-c5ccc6oc(=O)[nH]c6c5)nc34)cc(C3=C(F)C4=C(c5nc6ccccc6[nH]5)NSN4C=C3)c21. The van der Waals surface area contributed by atoms with Crippen molar-refractivity contribution in [3.05, 3.63) is 213 Å². The number of H-pyrrole nitrogens is 2. The molecule has 15 aromatic rings.